The van der Waals surface area contributed by atoms with Crippen LogP contribution in [-0.4, -0.2) is 32.5 Å². The Morgan fingerprint density at radius 1 is 1.26 bits per heavy atom. The van der Waals surface area contributed by atoms with Crippen molar-refractivity contribution in [1.29, 1.82) is 0 Å². The molecule has 1 aromatic rings. The summed E-state index contributed by atoms with van der Waals surface area (Å²) in [4.78, 5) is 6.68. The molecule has 1 aliphatic rings. The first kappa shape index (κ1) is 14.5. The van der Waals surface area contributed by atoms with E-state index in [1.54, 1.807) is 0 Å². The summed E-state index contributed by atoms with van der Waals surface area (Å²) >= 11 is 0. The van der Waals surface area contributed by atoms with Crippen molar-refractivity contribution in [2.45, 2.75) is 51.9 Å². The molecule has 3 nitrogen and oxygen atoms in total. The third kappa shape index (κ3) is 3.18. The molecule has 1 saturated heterocycles. The highest BCUT2D eigenvalue weighted by Crippen LogP contribution is 2.38. The summed E-state index contributed by atoms with van der Waals surface area (Å²) in [6.45, 7) is 15.5. The SMILES string of the molecule is Cc1ccc(N2CC(O[Si](C)(C)C(C)(C)C)C2)cn1. The van der Waals surface area contributed by atoms with Crippen molar-refractivity contribution in [3.05, 3.63) is 24.0 Å². The van der Waals surface area contributed by atoms with E-state index in [-0.39, 0.29) is 0 Å². The molecule has 1 fully saturated rings. The van der Waals surface area contributed by atoms with E-state index < -0.39 is 8.32 Å². The van der Waals surface area contributed by atoms with E-state index in [0.717, 1.165) is 18.8 Å². The Hall–Kier alpha value is -0.873. The van der Waals surface area contributed by atoms with E-state index in [4.69, 9.17) is 4.43 Å². The molecule has 106 valence electrons. The number of rotatable bonds is 3. The molecule has 0 amide bonds. The summed E-state index contributed by atoms with van der Waals surface area (Å²) in [5, 5.41) is 0.291. The van der Waals surface area contributed by atoms with Crippen LogP contribution in [0.2, 0.25) is 18.1 Å². The Morgan fingerprint density at radius 3 is 2.37 bits per heavy atom. The van der Waals surface area contributed by atoms with E-state index >= 15 is 0 Å². The lowest BCUT2D eigenvalue weighted by Gasteiger charge is -2.47. The van der Waals surface area contributed by atoms with Gasteiger partial charge in [-0.25, -0.2) is 0 Å². The zero-order valence-electron chi connectivity index (χ0n) is 13.0. The van der Waals surface area contributed by atoms with E-state index in [9.17, 15) is 0 Å². The Kier molecular flexibility index (Phi) is 3.75. The Labute approximate surface area is 118 Å². The molecule has 0 radical (unpaired) electrons. The first-order chi connectivity index (χ1) is 8.69. The number of anilines is 1. The fraction of sp³-hybridized carbons (Fsp3) is 0.667. The van der Waals surface area contributed by atoms with Gasteiger partial charge in [0.1, 0.15) is 0 Å². The zero-order valence-corrected chi connectivity index (χ0v) is 14.0. The quantitative estimate of drug-likeness (QED) is 0.790. The molecule has 2 rings (SSSR count). The second kappa shape index (κ2) is 4.91. The lowest BCUT2D eigenvalue weighted by Crippen LogP contribution is -2.57. The van der Waals surface area contributed by atoms with Crippen molar-refractivity contribution in [2.24, 2.45) is 0 Å². The Morgan fingerprint density at radius 2 is 1.89 bits per heavy atom. The molecule has 2 heterocycles. The number of aryl methyl sites for hydroxylation is 1. The van der Waals surface area contributed by atoms with E-state index in [0.29, 0.717) is 11.1 Å². The molecule has 0 N–H and O–H groups in total. The molecule has 4 heteroatoms. The Bertz CT molecular complexity index is 430. The van der Waals surface area contributed by atoms with E-state index in [2.05, 4.69) is 55.9 Å². The second-order valence-corrected chi connectivity index (χ2v) is 11.8. The average molecular weight is 278 g/mol. The van der Waals surface area contributed by atoms with Crippen LogP contribution in [0, 0.1) is 6.92 Å². The van der Waals surface area contributed by atoms with Gasteiger partial charge in [0.25, 0.3) is 0 Å². The standard InChI is InChI=1S/C15H26N2OSi/c1-12-7-8-13(9-16-12)17-10-14(11-17)18-19(5,6)15(2,3)4/h7-9,14H,10-11H2,1-6H3. The molecule has 0 atom stereocenters. The number of nitrogens with zero attached hydrogens (tertiary/aromatic N) is 2. The molecule has 0 spiro atoms. The smallest absolute Gasteiger partial charge is 0.192 e. The summed E-state index contributed by atoms with van der Waals surface area (Å²) in [6.07, 6.45) is 2.35. The van der Waals surface area contributed by atoms with Gasteiger partial charge in [0.15, 0.2) is 8.32 Å². The van der Waals surface area contributed by atoms with Crippen molar-refractivity contribution in [2.75, 3.05) is 18.0 Å². The summed E-state index contributed by atoms with van der Waals surface area (Å²) < 4.78 is 6.39. The monoisotopic (exact) mass is 278 g/mol. The van der Waals surface area contributed by atoms with Gasteiger partial charge in [-0.05, 0) is 37.2 Å². The predicted molar refractivity (Wildman–Crippen MR) is 83.3 cm³/mol. The molecule has 19 heavy (non-hydrogen) atoms. The van der Waals surface area contributed by atoms with E-state index in [1.807, 2.05) is 13.1 Å². The van der Waals surface area contributed by atoms with Crippen LogP contribution in [-0.2, 0) is 4.43 Å². The first-order valence-electron chi connectivity index (χ1n) is 7.04. The highest BCUT2D eigenvalue weighted by Gasteiger charge is 2.41. The van der Waals surface area contributed by atoms with Gasteiger partial charge in [0.2, 0.25) is 0 Å². The Balaban J connectivity index is 1.89. The van der Waals surface area contributed by atoms with Crippen molar-refractivity contribution in [3.8, 4) is 0 Å². The van der Waals surface area contributed by atoms with Crippen LogP contribution in [0.3, 0.4) is 0 Å². The minimum absolute atomic E-state index is 0.291. The lowest BCUT2D eigenvalue weighted by atomic mass is 10.1. The third-order valence-electron chi connectivity index (χ3n) is 4.38. The van der Waals surface area contributed by atoms with Gasteiger partial charge in [-0.2, -0.15) is 0 Å². The van der Waals surface area contributed by atoms with Crippen LogP contribution in [0.1, 0.15) is 26.5 Å². The molecule has 0 saturated carbocycles. The summed E-state index contributed by atoms with van der Waals surface area (Å²) in [5.74, 6) is 0. The van der Waals surface area contributed by atoms with Crippen LogP contribution in [0.5, 0.6) is 0 Å². The average Bonchev–Trinajstić information content (AvgIpc) is 2.23. The van der Waals surface area contributed by atoms with Crippen molar-refractivity contribution >= 4 is 14.0 Å². The molecule has 0 bridgehead atoms. The summed E-state index contributed by atoms with van der Waals surface area (Å²) in [5.41, 5.74) is 2.28. The lowest BCUT2D eigenvalue weighted by molar-refractivity contribution is 0.149. The number of pyridine rings is 1. The molecule has 0 unspecified atom stereocenters. The summed E-state index contributed by atoms with van der Waals surface area (Å²) in [7, 11) is -1.62. The second-order valence-electron chi connectivity index (χ2n) is 7.06. The van der Waals surface area contributed by atoms with Gasteiger partial charge in [-0.15, -0.1) is 0 Å². The number of hydrogen-bond donors (Lipinski definition) is 0. The maximum atomic E-state index is 6.39. The highest BCUT2D eigenvalue weighted by molar-refractivity contribution is 6.74. The van der Waals surface area contributed by atoms with Crippen LogP contribution in [0.4, 0.5) is 5.69 Å². The molecule has 0 aliphatic carbocycles. The maximum absolute atomic E-state index is 6.39. The summed E-state index contributed by atoms with van der Waals surface area (Å²) in [6, 6.07) is 4.21. The molecular formula is C15H26N2OSi. The zero-order chi connectivity index (χ0) is 14.3. The van der Waals surface area contributed by atoms with Crippen molar-refractivity contribution < 1.29 is 4.43 Å². The van der Waals surface area contributed by atoms with Crippen molar-refractivity contribution in [1.82, 2.24) is 4.98 Å². The van der Waals surface area contributed by atoms with Gasteiger partial charge < -0.3 is 9.33 Å². The topological polar surface area (TPSA) is 25.4 Å². The first-order valence-corrected chi connectivity index (χ1v) is 9.95. The van der Waals surface area contributed by atoms with Crippen LogP contribution in [0.15, 0.2) is 18.3 Å². The van der Waals surface area contributed by atoms with Crippen LogP contribution < -0.4 is 4.90 Å². The molecule has 0 aromatic carbocycles. The van der Waals surface area contributed by atoms with Crippen LogP contribution in [0.25, 0.3) is 0 Å². The van der Waals surface area contributed by atoms with Crippen molar-refractivity contribution in [3.63, 3.8) is 0 Å². The van der Waals surface area contributed by atoms with Crippen LogP contribution >= 0.6 is 0 Å². The number of aromatic nitrogens is 1. The predicted octanol–water partition coefficient (Wildman–Crippen LogP) is 3.60. The highest BCUT2D eigenvalue weighted by atomic mass is 28.4. The molecule has 1 aliphatic heterocycles. The normalized spacial score (nSPS) is 17.5. The minimum Gasteiger partial charge on any atom is -0.410 e. The van der Waals surface area contributed by atoms with Gasteiger partial charge >= 0.3 is 0 Å². The minimum atomic E-state index is -1.62. The molecule has 1 aromatic heterocycles. The fourth-order valence-corrected chi connectivity index (χ4v) is 3.30. The van der Waals surface area contributed by atoms with Gasteiger partial charge in [0, 0.05) is 18.8 Å². The molecular weight excluding hydrogens is 252 g/mol. The largest absolute Gasteiger partial charge is 0.410 e. The third-order valence-corrected chi connectivity index (χ3v) is 8.91. The van der Waals surface area contributed by atoms with Gasteiger partial charge in [-0.1, -0.05) is 20.8 Å². The maximum Gasteiger partial charge on any atom is 0.192 e. The van der Waals surface area contributed by atoms with E-state index in [1.165, 1.54) is 5.69 Å². The van der Waals surface area contributed by atoms with Gasteiger partial charge in [0.05, 0.1) is 18.0 Å². The van der Waals surface area contributed by atoms with Gasteiger partial charge in [-0.3, -0.25) is 4.98 Å². The number of hydrogen-bond acceptors (Lipinski definition) is 3. The fourth-order valence-electron chi connectivity index (χ4n) is 1.96.